The molecule has 0 amide bonds. The highest BCUT2D eigenvalue weighted by atomic mass is 15.1. The third-order valence-electron chi connectivity index (χ3n) is 10.5. The average Bonchev–Trinajstić information content (AvgIpc) is 3.41. The Hall–Kier alpha value is -6.18. The number of para-hydroxylation sites is 3. The third-order valence-corrected chi connectivity index (χ3v) is 10.5. The predicted octanol–water partition coefficient (Wildman–Crippen LogP) is 13.6. The second-order valence-electron chi connectivity index (χ2n) is 13.7. The highest BCUT2D eigenvalue weighted by molar-refractivity contribution is 6.09. The number of hydrogen-bond acceptors (Lipinski definition) is 1. The number of anilines is 3. The van der Waals surface area contributed by atoms with E-state index in [0.717, 1.165) is 17.1 Å². The molecule has 0 radical (unpaired) electrons. The van der Waals surface area contributed by atoms with E-state index in [1.54, 1.807) is 0 Å². The van der Waals surface area contributed by atoms with E-state index < -0.39 is 0 Å². The second-order valence-corrected chi connectivity index (χ2v) is 13.7. The van der Waals surface area contributed by atoms with Crippen molar-refractivity contribution < 1.29 is 0 Å². The highest BCUT2D eigenvalue weighted by Gasteiger charge is 2.35. The Bertz CT molecular complexity index is 2500. The van der Waals surface area contributed by atoms with Crippen molar-refractivity contribution in [1.29, 1.82) is 0 Å². The molecule has 238 valence electrons. The van der Waals surface area contributed by atoms with Crippen LogP contribution < -0.4 is 4.90 Å². The van der Waals surface area contributed by atoms with Crippen LogP contribution in [-0.4, -0.2) is 0 Å². The summed E-state index contributed by atoms with van der Waals surface area (Å²) in [6, 6.07) is 68.6. The molecule has 50 heavy (non-hydrogen) atoms. The van der Waals surface area contributed by atoms with Gasteiger partial charge in [0.15, 0.2) is 0 Å². The predicted molar refractivity (Wildman–Crippen MR) is 213 cm³/mol. The van der Waals surface area contributed by atoms with Crippen LogP contribution in [0.4, 0.5) is 17.1 Å². The topological polar surface area (TPSA) is 3.24 Å². The van der Waals surface area contributed by atoms with Crippen LogP contribution in [0.1, 0.15) is 25.0 Å². The Morgan fingerprint density at radius 1 is 0.360 bits per heavy atom. The largest absolute Gasteiger partial charge is 0.309 e. The van der Waals surface area contributed by atoms with Crippen LogP contribution in [0.25, 0.3) is 55.3 Å². The van der Waals surface area contributed by atoms with Gasteiger partial charge < -0.3 is 4.90 Å². The first-order valence-electron chi connectivity index (χ1n) is 17.5. The van der Waals surface area contributed by atoms with Crippen molar-refractivity contribution in [3.05, 3.63) is 199 Å². The molecule has 0 heterocycles. The van der Waals surface area contributed by atoms with E-state index >= 15 is 0 Å². The van der Waals surface area contributed by atoms with Gasteiger partial charge in [-0.15, -0.1) is 0 Å². The van der Waals surface area contributed by atoms with E-state index in [-0.39, 0.29) is 5.41 Å². The van der Waals surface area contributed by atoms with Gasteiger partial charge in [-0.1, -0.05) is 172 Å². The average molecular weight is 640 g/mol. The lowest BCUT2D eigenvalue weighted by molar-refractivity contribution is 0.660. The smallest absolute Gasteiger partial charge is 0.0540 e. The van der Waals surface area contributed by atoms with Gasteiger partial charge in [0.25, 0.3) is 0 Å². The summed E-state index contributed by atoms with van der Waals surface area (Å²) in [6.45, 7) is 4.71. The molecule has 1 heteroatoms. The standard InChI is InChI=1S/C49H37N/c1-49(2)44-28-12-9-24-40(44)41-32-31-36(33-45(41)49)38-23-10-13-29-46(38)50(37-21-7-4-8-22-37)47-30-14-11-25-42(47)43-27-16-20-35-19-15-26-39(48(35)43)34-17-5-3-6-18-34/h3-33H,1-2H3. The molecule has 0 fully saturated rings. The molecule has 0 bridgehead atoms. The van der Waals surface area contributed by atoms with E-state index in [1.165, 1.54) is 66.4 Å². The number of hydrogen-bond donors (Lipinski definition) is 0. The lowest BCUT2D eigenvalue weighted by atomic mass is 9.81. The Labute approximate surface area is 294 Å². The number of fused-ring (bicyclic) bond motifs is 4. The minimum absolute atomic E-state index is 0.0760. The summed E-state index contributed by atoms with van der Waals surface area (Å²) >= 11 is 0. The van der Waals surface area contributed by atoms with Crippen molar-refractivity contribution in [2.45, 2.75) is 19.3 Å². The Balaban J connectivity index is 1.27. The molecule has 8 aromatic rings. The fraction of sp³-hybridized carbons (Fsp3) is 0.0612. The lowest BCUT2D eigenvalue weighted by Crippen LogP contribution is -2.15. The summed E-state index contributed by atoms with van der Waals surface area (Å²) in [5.74, 6) is 0. The maximum atomic E-state index is 2.45. The number of nitrogens with zero attached hydrogens (tertiary/aromatic N) is 1. The molecule has 8 aromatic carbocycles. The normalized spacial score (nSPS) is 12.8. The summed E-state index contributed by atoms with van der Waals surface area (Å²) in [4.78, 5) is 2.45. The van der Waals surface area contributed by atoms with Gasteiger partial charge in [-0.05, 0) is 85.6 Å². The van der Waals surface area contributed by atoms with Crippen LogP contribution >= 0.6 is 0 Å². The fourth-order valence-corrected chi connectivity index (χ4v) is 8.09. The zero-order valence-electron chi connectivity index (χ0n) is 28.3. The van der Waals surface area contributed by atoms with Crippen LogP contribution in [0.5, 0.6) is 0 Å². The molecule has 0 unspecified atom stereocenters. The van der Waals surface area contributed by atoms with E-state index in [4.69, 9.17) is 0 Å². The van der Waals surface area contributed by atoms with Crippen molar-refractivity contribution >= 4 is 27.8 Å². The molecule has 1 nitrogen and oxygen atoms in total. The van der Waals surface area contributed by atoms with E-state index in [9.17, 15) is 0 Å². The van der Waals surface area contributed by atoms with Gasteiger partial charge >= 0.3 is 0 Å². The molecular formula is C49H37N. The van der Waals surface area contributed by atoms with E-state index in [2.05, 4.69) is 207 Å². The van der Waals surface area contributed by atoms with Crippen LogP contribution in [0.3, 0.4) is 0 Å². The van der Waals surface area contributed by atoms with Crippen molar-refractivity contribution in [2.75, 3.05) is 4.90 Å². The van der Waals surface area contributed by atoms with Crippen molar-refractivity contribution in [2.24, 2.45) is 0 Å². The van der Waals surface area contributed by atoms with Crippen LogP contribution in [0, 0.1) is 0 Å². The highest BCUT2D eigenvalue weighted by Crippen LogP contribution is 2.51. The number of rotatable bonds is 6. The minimum Gasteiger partial charge on any atom is -0.309 e. The van der Waals surface area contributed by atoms with Gasteiger partial charge in [0, 0.05) is 22.2 Å². The molecule has 0 aromatic heterocycles. The first kappa shape index (κ1) is 29.9. The SMILES string of the molecule is CC1(C)c2ccccc2-c2ccc(-c3ccccc3N(c3ccccc3)c3ccccc3-c3cccc4cccc(-c5ccccc5)c34)cc21. The molecule has 9 rings (SSSR count). The van der Waals surface area contributed by atoms with Gasteiger partial charge in [-0.2, -0.15) is 0 Å². The third kappa shape index (κ3) is 4.85. The molecular weight excluding hydrogens is 603 g/mol. The Morgan fingerprint density at radius 2 is 0.900 bits per heavy atom. The fourth-order valence-electron chi connectivity index (χ4n) is 8.09. The van der Waals surface area contributed by atoms with Crippen LogP contribution in [0.15, 0.2) is 188 Å². The zero-order chi connectivity index (χ0) is 33.7. The first-order chi connectivity index (χ1) is 24.6. The van der Waals surface area contributed by atoms with Gasteiger partial charge in [0.2, 0.25) is 0 Å². The zero-order valence-corrected chi connectivity index (χ0v) is 28.3. The molecule has 0 saturated heterocycles. The Morgan fingerprint density at radius 3 is 1.64 bits per heavy atom. The van der Waals surface area contributed by atoms with Gasteiger partial charge in [0.1, 0.15) is 0 Å². The van der Waals surface area contributed by atoms with Gasteiger partial charge in [0.05, 0.1) is 11.4 Å². The second kappa shape index (κ2) is 12.1. The summed E-state index contributed by atoms with van der Waals surface area (Å²) < 4.78 is 0. The molecule has 1 aliphatic rings. The summed E-state index contributed by atoms with van der Waals surface area (Å²) in [5.41, 5.74) is 16.0. The van der Waals surface area contributed by atoms with Crippen molar-refractivity contribution in [3.8, 4) is 44.5 Å². The maximum absolute atomic E-state index is 2.45. The maximum Gasteiger partial charge on any atom is 0.0540 e. The molecule has 1 aliphatic carbocycles. The summed E-state index contributed by atoms with van der Waals surface area (Å²) in [5, 5.41) is 2.49. The lowest BCUT2D eigenvalue weighted by Gasteiger charge is -2.30. The first-order valence-corrected chi connectivity index (χ1v) is 17.5. The van der Waals surface area contributed by atoms with E-state index in [1.807, 2.05) is 0 Å². The van der Waals surface area contributed by atoms with Crippen LogP contribution in [0.2, 0.25) is 0 Å². The number of benzene rings is 8. The van der Waals surface area contributed by atoms with E-state index in [0.29, 0.717) is 0 Å². The minimum atomic E-state index is -0.0760. The molecule has 0 spiro atoms. The summed E-state index contributed by atoms with van der Waals surface area (Å²) in [7, 11) is 0. The quantitative estimate of drug-likeness (QED) is 0.175. The molecule has 0 N–H and O–H groups in total. The van der Waals surface area contributed by atoms with Gasteiger partial charge in [-0.25, -0.2) is 0 Å². The monoisotopic (exact) mass is 639 g/mol. The molecule has 0 aliphatic heterocycles. The van der Waals surface area contributed by atoms with Crippen molar-refractivity contribution in [3.63, 3.8) is 0 Å². The molecule has 0 atom stereocenters. The Kier molecular flexibility index (Phi) is 7.21. The van der Waals surface area contributed by atoms with Crippen molar-refractivity contribution in [1.82, 2.24) is 0 Å². The summed E-state index contributed by atoms with van der Waals surface area (Å²) in [6.07, 6.45) is 0. The van der Waals surface area contributed by atoms with Crippen LogP contribution in [-0.2, 0) is 5.41 Å². The molecule has 0 saturated carbocycles. The van der Waals surface area contributed by atoms with Gasteiger partial charge in [-0.3, -0.25) is 0 Å².